The number of ether oxygens (including phenoxy) is 1. The zero-order chi connectivity index (χ0) is 17.1. The van der Waals surface area contributed by atoms with Gasteiger partial charge in [0.05, 0.1) is 16.5 Å². The van der Waals surface area contributed by atoms with E-state index in [4.69, 9.17) is 4.74 Å². The number of carbonyl (C=O) groups excluding carboxylic acids is 1. The van der Waals surface area contributed by atoms with Crippen LogP contribution in [-0.2, 0) is 16.1 Å². The molecule has 1 amide bonds. The molecule has 1 atom stereocenters. The Bertz CT molecular complexity index is 851. The summed E-state index contributed by atoms with van der Waals surface area (Å²) in [5.74, 6) is 0.744. The minimum Gasteiger partial charge on any atom is -0.381 e. The molecule has 6 nitrogen and oxygen atoms in total. The van der Waals surface area contributed by atoms with E-state index in [1.54, 1.807) is 5.51 Å². The van der Waals surface area contributed by atoms with E-state index in [2.05, 4.69) is 15.3 Å². The average molecular weight is 356 g/mol. The second-order valence-electron chi connectivity index (χ2n) is 6.19. The Hall–Kier alpha value is -2.25. The van der Waals surface area contributed by atoms with Crippen LogP contribution >= 0.6 is 11.3 Å². The highest BCUT2D eigenvalue weighted by Crippen LogP contribution is 2.24. The number of aromatic nitrogens is 3. The van der Waals surface area contributed by atoms with Crippen LogP contribution in [0.4, 0.5) is 0 Å². The van der Waals surface area contributed by atoms with Gasteiger partial charge in [-0.15, -0.1) is 11.3 Å². The van der Waals surface area contributed by atoms with Crippen molar-refractivity contribution in [1.82, 2.24) is 19.9 Å². The fourth-order valence-electron chi connectivity index (χ4n) is 3.22. The SMILES string of the molecule is O=C(Cn1c(-c2cscn2)nc2ccccc21)NC1CCCOCC1. The molecule has 1 aliphatic heterocycles. The smallest absolute Gasteiger partial charge is 0.240 e. The van der Waals surface area contributed by atoms with E-state index >= 15 is 0 Å². The van der Waals surface area contributed by atoms with Gasteiger partial charge >= 0.3 is 0 Å². The Morgan fingerprint density at radius 2 is 2.24 bits per heavy atom. The fourth-order valence-corrected chi connectivity index (χ4v) is 3.75. The number of benzene rings is 1. The predicted octanol–water partition coefficient (Wildman–Crippen LogP) is 2.85. The highest BCUT2D eigenvalue weighted by atomic mass is 32.1. The Balaban J connectivity index is 1.59. The lowest BCUT2D eigenvalue weighted by Gasteiger charge is -2.16. The molecule has 1 aliphatic rings. The molecule has 7 heteroatoms. The fraction of sp³-hybridized carbons (Fsp3) is 0.389. The number of para-hydroxylation sites is 2. The van der Waals surface area contributed by atoms with Crippen molar-refractivity contribution in [2.45, 2.75) is 31.8 Å². The van der Waals surface area contributed by atoms with E-state index in [0.717, 1.165) is 48.4 Å². The molecule has 1 saturated heterocycles. The molecular formula is C18H20N4O2S. The number of thiazole rings is 1. The van der Waals surface area contributed by atoms with Crippen molar-refractivity contribution < 1.29 is 9.53 Å². The first-order valence-corrected chi connectivity index (χ1v) is 9.46. The summed E-state index contributed by atoms with van der Waals surface area (Å²) in [6.07, 6.45) is 2.83. The summed E-state index contributed by atoms with van der Waals surface area (Å²) in [5.41, 5.74) is 4.41. The van der Waals surface area contributed by atoms with E-state index in [0.29, 0.717) is 6.61 Å². The number of hydrogen-bond donors (Lipinski definition) is 1. The molecule has 0 radical (unpaired) electrons. The summed E-state index contributed by atoms with van der Waals surface area (Å²) in [5, 5.41) is 5.11. The number of rotatable bonds is 4. The topological polar surface area (TPSA) is 69.0 Å². The lowest BCUT2D eigenvalue weighted by Crippen LogP contribution is -2.37. The van der Waals surface area contributed by atoms with Gasteiger partial charge in [0.25, 0.3) is 0 Å². The Morgan fingerprint density at radius 3 is 3.12 bits per heavy atom. The van der Waals surface area contributed by atoms with Crippen molar-refractivity contribution in [2.24, 2.45) is 0 Å². The van der Waals surface area contributed by atoms with Crippen LogP contribution in [-0.4, -0.2) is 39.7 Å². The molecule has 0 saturated carbocycles. The molecule has 25 heavy (non-hydrogen) atoms. The Kier molecular flexibility index (Phi) is 4.76. The van der Waals surface area contributed by atoms with Crippen LogP contribution < -0.4 is 5.32 Å². The molecular weight excluding hydrogens is 336 g/mol. The van der Waals surface area contributed by atoms with Gasteiger partial charge in [0.2, 0.25) is 5.91 Å². The standard InChI is InChI=1S/C18H20N4O2S/c23-17(20-13-4-3-8-24-9-7-13)10-22-16-6-2-1-5-14(16)21-18(22)15-11-25-12-19-15/h1-2,5-6,11-13H,3-4,7-10H2,(H,20,23). The minimum absolute atomic E-state index is 0.00605. The monoisotopic (exact) mass is 356 g/mol. The van der Waals surface area contributed by atoms with Crippen LogP contribution in [0.2, 0.25) is 0 Å². The first kappa shape index (κ1) is 16.2. The van der Waals surface area contributed by atoms with Crippen LogP contribution in [0.1, 0.15) is 19.3 Å². The van der Waals surface area contributed by atoms with Gasteiger partial charge in [-0.3, -0.25) is 4.79 Å². The molecule has 0 aliphatic carbocycles. The lowest BCUT2D eigenvalue weighted by atomic mass is 10.1. The zero-order valence-corrected chi connectivity index (χ0v) is 14.7. The Morgan fingerprint density at radius 1 is 1.32 bits per heavy atom. The van der Waals surface area contributed by atoms with Gasteiger partial charge in [0.1, 0.15) is 12.2 Å². The summed E-state index contributed by atoms with van der Waals surface area (Å²) >= 11 is 1.52. The van der Waals surface area contributed by atoms with Crippen LogP contribution in [0.15, 0.2) is 35.2 Å². The Labute approximate surface area is 149 Å². The van der Waals surface area contributed by atoms with Gasteiger partial charge in [0.15, 0.2) is 5.82 Å². The number of carbonyl (C=O) groups is 1. The van der Waals surface area contributed by atoms with Gasteiger partial charge in [-0.1, -0.05) is 12.1 Å². The van der Waals surface area contributed by atoms with E-state index in [1.807, 2.05) is 34.2 Å². The molecule has 130 valence electrons. The van der Waals surface area contributed by atoms with Crippen LogP contribution in [0.25, 0.3) is 22.6 Å². The molecule has 1 N–H and O–H groups in total. The minimum atomic E-state index is 0.00605. The number of nitrogens with zero attached hydrogens (tertiary/aromatic N) is 3. The molecule has 0 spiro atoms. The maximum Gasteiger partial charge on any atom is 0.240 e. The van der Waals surface area contributed by atoms with Crippen molar-refractivity contribution in [3.8, 4) is 11.5 Å². The van der Waals surface area contributed by atoms with Crippen molar-refractivity contribution in [3.05, 3.63) is 35.2 Å². The lowest BCUT2D eigenvalue weighted by molar-refractivity contribution is -0.122. The normalized spacial score (nSPS) is 18.2. The van der Waals surface area contributed by atoms with Gasteiger partial charge < -0.3 is 14.6 Å². The molecule has 3 heterocycles. The summed E-state index contributed by atoms with van der Waals surface area (Å²) in [4.78, 5) is 21.7. The molecule has 2 aromatic heterocycles. The number of fused-ring (bicyclic) bond motifs is 1. The highest BCUT2D eigenvalue weighted by molar-refractivity contribution is 7.07. The third-order valence-corrected chi connectivity index (χ3v) is 5.02. The third-order valence-electron chi connectivity index (χ3n) is 4.43. The number of amides is 1. The summed E-state index contributed by atoms with van der Waals surface area (Å²) in [6, 6.07) is 8.06. The van der Waals surface area contributed by atoms with E-state index in [9.17, 15) is 4.79 Å². The van der Waals surface area contributed by atoms with Crippen molar-refractivity contribution in [1.29, 1.82) is 0 Å². The molecule has 1 fully saturated rings. The summed E-state index contributed by atoms with van der Waals surface area (Å²) in [7, 11) is 0. The predicted molar refractivity (Wildman–Crippen MR) is 97.4 cm³/mol. The quantitative estimate of drug-likeness (QED) is 0.780. The van der Waals surface area contributed by atoms with Crippen LogP contribution in [0.3, 0.4) is 0 Å². The first-order valence-electron chi connectivity index (χ1n) is 8.52. The maximum absolute atomic E-state index is 12.6. The van der Waals surface area contributed by atoms with Crippen LogP contribution in [0, 0.1) is 0 Å². The van der Waals surface area contributed by atoms with Crippen molar-refractivity contribution >= 4 is 28.3 Å². The largest absolute Gasteiger partial charge is 0.381 e. The van der Waals surface area contributed by atoms with E-state index in [1.165, 1.54) is 11.3 Å². The summed E-state index contributed by atoms with van der Waals surface area (Å²) in [6.45, 7) is 1.74. The van der Waals surface area contributed by atoms with Gasteiger partial charge in [-0.25, -0.2) is 9.97 Å². The number of nitrogens with one attached hydrogen (secondary N) is 1. The zero-order valence-electron chi connectivity index (χ0n) is 13.9. The van der Waals surface area contributed by atoms with Crippen molar-refractivity contribution in [2.75, 3.05) is 13.2 Å². The van der Waals surface area contributed by atoms with E-state index < -0.39 is 0 Å². The first-order chi connectivity index (χ1) is 12.3. The van der Waals surface area contributed by atoms with Gasteiger partial charge in [-0.05, 0) is 31.4 Å². The van der Waals surface area contributed by atoms with Crippen molar-refractivity contribution in [3.63, 3.8) is 0 Å². The molecule has 1 aromatic carbocycles. The highest BCUT2D eigenvalue weighted by Gasteiger charge is 2.19. The second-order valence-corrected chi connectivity index (χ2v) is 6.91. The average Bonchev–Trinajstić information content (AvgIpc) is 3.18. The van der Waals surface area contributed by atoms with E-state index in [-0.39, 0.29) is 18.5 Å². The molecule has 1 unspecified atom stereocenters. The molecule has 3 aromatic rings. The molecule has 0 bridgehead atoms. The third kappa shape index (κ3) is 3.57. The van der Waals surface area contributed by atoms with Gasteiger partial charge in [-0.2, -0.15) is 0 Å². The van der Waals surface area contributed by atoms with Gasteiger partial charge in [0, 0.05) is 24.6 Å². The number of hydrogen-bond acceptors (Lipinski definition) is 5. The molecule has 4 rings (SSSR count). The van der Waals surface area contributed by atoms with Crippen LogP contribution in [0.5, 0.6) is 0 Å². The number of imidazole rings is 1. The second kappa shape index (κ2) is 7.33. The summed E-state index contributed by atoms with van der Waals surface area (Å²) < 4.78 is 7.42. The maximum atomic E-state index is 12.6.